The molecule has 2 rings (SSSR count). The quantitative estimate of drug-likeness (QED) is 0.888. The molecule has 1 unspecified atom stereocenters. The lowest BCUT2D eigenvalue weighted by Crippen LogP contribution is -2.52. The summed E-state index contributed by atoms with van der Waals surface area (Å²) < 4.78 is 0. The van der Waals surface area contributed by atoms with Gasteiger partial charge in [-0.1, -0.05) is 13.8 Å². The summed E-state index contributed by atoms with van der Waals surface area (Å²) >= 11 is 0. The van der Waals surface area contributed by atoms with Gasteiger partial charge < -0.3 is 10.6 Å². The molecule has 1 aliphatic heterocycles. The molecular weight excluding hydrogens is 311 g/mol. The zero-order valence-corrected chi connectivity index (χ0v) is 14.3. The summed E-state index contributed by atoms with van der Waals surface area (Å²) in [7, 11) is 0. The van der Waals surface area contributed by atoms with Crippen molar-refractivity contribution in [1.29, 1.82) is 0 Å². The van der Waals surface area contributed by atoms with E-state index in [1.165, 1.54) is 19.0 Å². The van der Waals surface area contributed by atoms with Gasteiger partial charge in [0.05, 0.1) is 11.9 Å². The molecule has 1 aliphatic rings. The summed E-state index contributed by atoms with van der Waals surface area (Å²) in [4.78, 5) is 20.1. The Hall–Kier alpha value is -0.910. The minimum atomic E-state index is -0.157. The normalized spacial score (nSPS) is 19.9. The van der Waals surface area contributed by atoms with Crippen molar-refractivity contribution < 1.29 is 4.79 Å². The molecule has 0 saturated carbocycles. The van der Waals surface area contributed by atoms with Crippen LogP contribution in [-0.4, -0.2) is 35.0 Å². The fourth-order valence-electron chi connectivity index (χ4n) is 2.41. The number of nitrogens with zero attached hydrogens (tertiary/aromatic N) is 2. The lowest BCUT2D eigenvalue weighted by atomic mass is 9.77. The van der Waals surface area contributed by atoms with Gasteiger partial charge in [-0.25, -0.2) is 4.98 Å². The van der Waals surface area contributed by atoms with Gasteiger partial charge in [-0.15, -0.1) is 24.8 Å². The molecule has 0 aliphatic carbocycles. The van der Waals surface area contributed by atoms with Gasteiger partial charge in [-0.05, 0) is 31.7 Å². The Morgan fingerprint density at radius 1 is 1.38 bits per heavy atom. The number of halogens is 2. The molecule has 2 heterocycles. The molecule has 1 saturated heterocycles. The van der Waals surface area contributed by atoms with E-state index in [0.717, 1.165) is 12.2 Å². The van der Waals surface area contributed by atoms with E-state index in [4.69, 9.17) is 0 Å². The van der Waals surface area contributed by atoms with Gasteiger partial charge >= 0.3 is 0 Å². The smallest absolute Gasteiger partial charge is 0.271 e. The molecule has 120 valence electrons. The zero-order valence-electron chi connectivity index (χ0n) is 12.7. The van der Waals surface area contributed by atoms with Crippen LogP contribution in [0, 0.1) is 12.3 Å². The number of hydrogen-bond donors (Lipinski definition) is 2. The SMILES string of the molecule is Cc1cnc(C(=O)NCC2NCCCC2(C)C)cn1.Cl.Cl. The van der Waals surface area contributed by atoms with Gasteiger partial charge in [0, 0.05) is 18.8 Å². The van der Waals surface area contributed by atoms with Crippen molar-refractivity contribution in [2.75, 3.05) is 13.1 Å². The zero-order chi connectivity index (χ0) is 13.9. The highest BCUT2D eigenvalue weighted by Gasteiger charge is 2.32. The van der Waals surface area contributed by atoms with Gasteiger partial charge in [0.1, 0.15) is 5.69 Å². The second-order valence-electron chi connectivity index (χ2n) is 5.85. The molecule has 7 heteroatoms. The fourth-order valence-corrected chi connectivity index (χ4v) is 2.41. The van der Waals surface area contributed by atoms with Crippen LogP contribution in [0.25, 0.3) is 0 Å². The summed E-state index contributed by atoms with van der Waals surface area (Å²) in [5.41, 5.74) is 1.40. The molecule has 0 spiro atoms. The molecule has 1 fully saturated rings. The minimum absolute atomic E-state index is 0. The molecule has 1 aromatic rings. The highest BCUT2D eigenvalue weighted by Crippen LogP contribution is 2.29. The first-order chi connectivity index (χ1) is 8.99. The largest absolute Gasteiger partial charge is 0.349 e. The van der Waals surface area contributed by atoms with Crippen LogP contribution in [0.4, 0.5) is 0 Å². The Morgan fingerprint density at radius 3 is 2.67 bits per heavy atom. The van der Waals surface area contributed by atoms with E-state index in [1.807, 2.05) is 6.92 Å². The fraction of sp³-hybridized carbons (Fsp3) is 0.643. The lowest BCUT2D eigenvalue weighted by molar-refractivity contribution is 0.0923. The number of aryl methyl sites for hydroxylation is 1. The Labute approximate surface area is 138 Å². The Bertz CT molecular complexity index is 451. The van der Waals surface area contributed by atoms with Crippen molar-refractivity contribution in [3.63, 3.8) is 0 Å². The maximum Gasteiger partial charge on any atom is 0.271 e. The maximum absolute atomic E-state index is 12.0. The molecule has 0 bridgehead atoms. The minimum Gasteiger partial charge on any atom is -0.349 e. The molecule has 1 aromatic heterocycles. The average Bonchev–Trinajstić information content (AvgIpc) is 2.37. The van der Waals surface area contributed by atoms with Gasteiger partial charge in [-0.3, -0.25) is 9.78 Å². The van der Waals surface area contributed by atoms with E-state index in [-0.39, 0.29) is 36.1 Å². The van der Waals surface area contributed by atoms with Crippen molar-refractivity contribution in [1.82, 2.24) is 20.6 Å². The third-order valence-corrected chi connectivity index (χ3v) is 3.81. The van der Waals surface area contributed by atoms with Gasteiger partial charge in [0.2, 0.25) is 0 Å². The van der Waals surface area contributed by atoms with Crippen LogP contribution in [-0.2, 0) is 0 Å². The highest BCUT2D eigenvalue weighted by molar-refractivity contribution is 5.91. The van der Waals surface area contributed by atoms with Crippen LogP contribution >= 0.6 is 24.8 Å². The number of nitrogens with one attached hydrogen (secondary N) is 2. The monoisotopic (exact) mass is 334 g/mol. The lowest BCUT2D eigenvalue weighted by Gasteiger charge is -2.39. The molecule has 1 atom stereocenters. The highest BCUT2D eigenvalue weighted by atomic mass is 35.5. The maximum atomic E-state index is 12.0. The first kappa shape index (κ1) is 20.1. The Balaban J connectivity index is 0.00000200. The van der Waals surface area contributed by atoms with E-state index in [1.54, 1.807) is 6.20 Å². The molecule has 2 N–H and O–H groups in total. The molecule has 1 amide bonds. The predicted octanol–water partition coefficient (Wildman–Crippen LogP) is 2.14. The van der Waals surface area contributed by atoms with Crippen LogP contribution < -0.4 is 10.6 Å². The van der Waals surface area contributed by atoms with Crippen molar-refractivity contribution in [3.8, 4) is 0 Å². The number of hydrogen-bond acceptors (Lipinski definition) is 4. The number of aromatic nitrogens is 2. The van der Waals surface area contributed by atoms with Crippen LogP contribution in [0.2, 0.25) is 0 Å². The summed E-state index contributed by atoms with van der Waals surface area (Å²) in [6.45, 7) is 7.97. The number of amides is 1. The second kappa shape index (κ2) is 8.51. The second-order valence-corrected chi connectivity index (χ2v) is 5.85. The van der Waals surface area contributed by atoms with E-state index in [2.05, 4.69) is 34.4 Å². The number of carbonyl (C=O) groups is 1. The number of carbonyl (C=O) groups excluding carboxylic acids is 1. The molecular formula is C14H24Cl2N4O. The topological polar surface area (TPSA) is 66.9 Å². The first-order valence-corrected chi connectivity index (χ1v) is 6.79. The standard InChI is InChI=1S/C14H22N4O.2ClH/c1-10-7-17-11(8-16-10)13(19)18-9-12-14(2,3)5-4-6-15-12;;/h7-8,12,15H,4-6,9H2,1-3H3,(H,18,19);2*1H. The van der Waals surface area contributed by atoms with E-state index < -0.39 is 0 Å². The van der Waals surface area contributed by atoms with Gasteiger partial charge in [0.15, 0.2) is 0 Å². The summed E-state index contributed by atoms with van der Waals surface area (Å²) in [6.07, 6.45) is 5.51. The summed E-state index contributed by atoms with van der Waals surface area (Å²) in [5.74, 6) is -0.157. The Morgan fingerprint density at radius 2 is 2.10 bits per heavy atom. The van der Waals surface area contributed by atoms with Crippen LogP contribution in [0.5, 0.6) is 0 Å². The van der Waals surface area contributed by atoms with Crippen molar-refractivity contribution in [2.24, 2.45) is 5.41 Å². The summed E-state index contributed by atoms with van der Waals surface area (Å²) in [6, 6.07) is 0.309. The van der Waals surface area contributed by atoms with E-state index in [0.29, 0.717) is 18.3 Å². The van der Waals surface area contributed by atoms with Gasteiger partial charge in [-0.2, -0.15) is 0 Å². The van der Waals surface area contributed by atoms with Crippen LogP contribution in [0.15, 0.2) is 12.4 Å². The third-order valence-electron chi connectivity index (χ3n) is 3.81. The number of rotatable bonds is 3. The molecule has 21 heavy (non-hydrogen) atoms. The van der Waals surface area contributed by atoms with Crippen LogP contribution in [0.3, 0.4) is 0 Å². The molecule has 0 radical (unpaired) electrons. The van der Waals surface area contributed by atoms with E-state index >= 15 is 0 Å². The van der Waals surface area contributed by atoms with Crippen LogP contribution in [0.1, 0.15) is 42.9 Å². The predicted molar refractivity (Wildman–Crippen MR) is 88.4 cm³/mol. The molecule has 5 nitrogen and oxygen atoms in total. The first-order valence-electron chi connectivity index (χ1n) is 6.79. The van der Waals surface area contributed by atoms with Crippen molar-refractivity contribution in [3.05, 3.63) is 23.8 Å². The van der Waals surface area contributed by atoms with Gasteiger partial charge in [0.25, 0.3) is 5.91 Å². The Kier molecular flexibility index (Phi) is 8.14. The summed E-state index contributed by atoms with van der Waals surface area (Å²) in [5, 5.41) is 6.41. The van der Waals surface area contributed by atoms with Crippen molar-refractivity contribution in [2.45, 2.75) is 39.7 Å². The van der Waals surface area contributed by atoms with Crippen molar-refractivity contribution >= 4 is 30.7 Å². The number of piperidine rings is 1. The third kappa shape index (κ3) is 5.41. The molecule has 0 aromatic carbocycles. The average molecular weight is 335 g/mol. The van der Waals surface area contributed by atoms with E-state index in [9.17, 15) is 4.79 Å².